The van der Waals surface area contributed by atoms with E-state index in [1.807, 2.05) is 6.07 Å². The average Bonchev–Trinajstić information content (AvgIpc) is 2.69. The van der Waals surface area contributed by atoms with Crippen molar-refractivity contribution in [3.63, 3.8) is 0 Å². The van der Waals surface area contributed by atoms with Gasteiger partial charge in [-0.2, -0.15) is 0 Å². The predicted octanol–water partition coefficient (Wildman–Crippen LogP) is 5.66. The Kier molecular flexibility index (Phi) is 1.40. The molecule has 4 rings (SSSR count). The molecule has 0 unspecified atom stereocenters. The topological polar surface area (TPSA) is 0 Å². The second-order valence-corrected chi connectivity index (χ2v) is 4.56. The smallest absolute Gasteiger partial charge is 0.0622 e. The van der Waals surface area contributed by atoms with Crippen LogP contribution in [0.4, 0.5) is 0 Å². The van der Waals surface area contributed by atoms with Crippen LogP contribution in [0.1, 0.15) is 9.60 Å². The van der Waals surface area contributed by atoms with Gasteiger partial charge in [-0.25, -0.2) is 0 Å². The third-order valence-electron chi connectivity index (χ3n) is 3.26. The zero-order valence-electron chi connectivity index (χ0n) is 17.5. The largest absolute Gasteiger partial charge is 0.0636 e. The van der Waals surface area contributed by atoms with Gasteiger partial charge in [0, 0.05) is 0 Å². The molecule has 0 spiro atoms. The normalized spacial score (nSPS) is 15.9. The maximum atomic E-state index is 8.61. The van der Waals surface area contributed by atoms with Gasteiger partial charge in [0.1, 0.15) is 0 Å². The third-order valence-corrected chi connectivity index (χ3v) is 3.26. The summed E-state index contributed by atoms with van der Waals surface area (Å²) in [5.74, 6) is 0. The summed E-state index contributed by atoms with van der Waals surface area (Å²) in [6.07, 6.45) is 0. The minimum absolute atomic E-state index is 0.0610. The molecule has 94 valence electrons. The lowest BCUT2D eigenvalue weighted by molar-refractivity contribution is 1.65. The lowest BCUT2D eigenvalue weighted by Gasteiger charge is -2.06. The molecular weight excluding hydrogens is 240 g/mol. The molecule has 0 aliphatic heterocycles. The highest BCUT2D eigenvalue weighted by Crippen LogP contribution is 2.27. The summed E-state index contributed by atoms with van der Waals surface area (Å²) in [5.41, 5.74) is 1.01. The van der Waals surface area contributed by atoms with Gasteiger partial charge in [0.05, 0.1) is 9.60 Å². The van der Waals surface area contributed by atoms with E-state index >= 15 is 0 Å². The summed E-state index contributed by atoms with van der Waals surface area (Å²) in [6.45, 7) is 0. The Morgan fingerprint density at radius 1 is 0.600 bits per heavy atom. The number of benzene rings is 4. The number of hydrogen-bond donors (Lipinski definition) is 0. The van der Waals surface area contributed by atoms with E-state index < -0.39 is 0 Å². The van der Waals surface area contributed by atoms with Crippen molar-refractivity contribution in [2.45, 2.75) is 0 Å². The van der Waals surface area contributed by atoms with E-state index in [4.69, 9.17) is 9.60 Å². The SMILES string of the molecule is [2H]c1c([2H])c([2H])c2cc3c([2H])c(-c4ccccc4)c([2H])c([2H])c3cc2c1[2H]. The molecule has 4 aromatic rings. The van der Waals surface area contributed by atoms with Crippen LogP contribution in [0.15, 0.2) is 84.8 Å². The molecule has 0 aliphatic carbocycles. The van der Waals surface area contributed by atoms with Crippen molar-refractivity contribution >= 4 is 21.5 Å². The molecule has 0 nitrogen and oxygen atoms in total. The molecule has 0 saturated heterocycles. The summed E-state index contributed by atoms with van der Waals surface area (Å²) in [6, 6.07) is 11.0. The molecule has 0 heterocycles. The number of hydrogen-bond acceptors (Lipinski definition) is 0. The second-order valence-electron chi connectivity index (χ2n) is 4.56. The Labute approximate surface area is 128 Å². The van der Waals surface area contributed by atoms with Crippen LogP contribution >= 0.6 is 0 Å². The Morgan fingerprint density at radius 3 is 2.00 bits per heavy atom. The van der Waals surface area contributed by atoms with Crippen LogP contribution < -0.4 is 0 Å². The lowest BCUT2D eigenvalue weighted by atomic mass is 9.99. The monoisotopic (exact) mass is 261 g/mol. The highest BCUT2D eigenvalue weighted by Gasteiger charge is 2.01. The summed E-state index contributed by atoms with van der Waals surface area (Å²) in [7, 11) is 0. The van der Waals surface area contributed by atoms with Crippen LogP contribution in [0.2, 0.25) is 0 Å². The van der Waals surface area contributed by atoms with Crippen LogP contribution in [-0.2, 0) is 0 Å². The van der Waals surface area contributed by atoms with Crippen molar-refractivity contribution in [2.24, 2.45) is 0 Å². The van der Waals surface area contributed by atoms with E-state index in [1.165, 1.54) is 12.1 Å². The van der Waals surface area contributed by atoms with E-state index in [-0.39, 0.29) is 47.7 Å². The number of fused-ring (bicyclic) bond motifs is 2. The highest BCUT2D eigenvalue weighted by molar-refractivity contribution is 5.99. The van der Waals surface area contributed by atoms with Gasteiger partial charge in [-0.15, -0.1) is 0 Å². The Hall–Kier alpha value is -2.60. The van der Waals surface area contributed by atoms with Crippen LogP contribution in [0.5, 0.6) is 0 Å². The van der Waals surface area contributed by atoms with Crippen molar-refractivity contribution in [2.75, 3.05) is 0 Å². The number of rotatable bonds is 1. The third kappa shape index (κ3) is 1.86. The Morgan fingerprint density at radius 2 is 1.25 bits per heavy atom. The van der Waals surface area contributed by atoms with E-state index in [0.717, 1.165) is 0 Å². The molecule has 0 heteroatoms. The van der Waals surface area contributed by atoms with Crippen molar-refractivity contribution in [3.8, 4) is 11.1 Å². The maximum absolute atomic E-state index is 8.61. The fourth-order valence-electron chi connectivity index (χ4n) is 2.26. The Balaban J connectivity index is 2.20. The predicted molar refractivity (Wildman–Crippen MR) is 86.9 cm³/mol. The molecule has 20 heavy (non-hydrogen) atoms. The van der Waals surface area contributed by atoms with Crippen LogP contribution in [0.3, 0.4) is 0 Å². The van der Waals surface area contributed by atoms with Crippen molar-refractivity contribution in [1.82, 2.24) is 0 Å². The molecule has 0 saturated carbocycles. The quantitative estimate of drug-likeness (QED) is 0.388. The fourth-order valence-corrected chi connectivity index (χ4v) is 2.26. The molecule has 0 aliphatic rings. The van der Waals surface area contributed by atoms with Crippen LogP contribution in [0, 0.1) is 0 Å². The van der Waals surface area contributed by atoms with Crippen LogP contribution in [-0.4, -0.2) is 0 Å². The molecule has 0 amide bonds. The standard InChI is InChI=1S/C20H14/c1-2-6-15(7-3-1)18-10-11-19-12-16-8-4-5-9-17(16)13-20(19)14-18/h1-14H/i4D,5D,8D,9D,10D,11D,14D. The molecule has 0 atom stereocenters. The zero-order chi connectivity index (χ0) is 19.5. The first kappa shape index (κ1) is 6.23. The van der Waals surface area contributed by atoms with Crippen molar-refractivity contribution < 1.29 is 9.60 Å². The van der Waals surface area contributed by atoms with Crippen molar-refractivity contribution in [3.05, 3.63) is 84.8 Å². The van der Waals surface area contributed by atoms with Gasteiger partial charge in [-0.3, -0.25) is 0 Å². The summed E-state index contributed by atoms with van der Waals surface area (Å²) < 4.78 is 57.4. The van der Waals surface area contributed by atoms with Gasteiger partial charge in [-0.1, -0.05) is 66.6 Å². The van der Waals surface area contributed by atoms with Crippen LogP contribution in [0.25, 0.3) is 32.7 Å². The molecule has 0 bridgehead atoms. The molecule has 0 fully saturated rings. The fraction of sp³-hybridized carbons (Fsp3) is 0. The first-order valence-corrected chi connectivity index (χ1v) is 6.32. The first-order chi connectivity index (χ1) is 12.8. The average molecular weight is 261 g/mol. The molecule has 0 radical (unpaired) electrons. The lowest BCUT2D eigenvalue weighted by Crippen LogP contribution is -1.80. The highest BCUT2D eigenvalue weighted by atomic mass is 14.1. The molecular formula is C20H14. The van der Waals surface area contributed by atoms with E-state index in [0.29, 0.717) is 27.3 Å². The molecule has 0 N–H and O–H groups in total. The minimum atomic E-state index is -0.337. The summed E-state index contributed by atoms with van der Waals surface area (Å²) >= 11 is 0. The van der Waals surface area contributed by atoms with E-state index in [1.54, 1.807) is 24.3 Å². The van der Waals surface area contributed by atoms with Gasteiger partial charge in [-0.05, 0) is 50.8 Å². The van der Waals surface area contributed by atoms with Gasteiger partial charge < -0.3 is 0 Å². The van der Waals surface area contributed by atoms with E-state index in [9.17, 15) is 0 Å². The maximum Gasteiger partial charge on any atom is 0.0636 e. The van der Waals surface area contributed by atoms with Crippen molar-refractivity contribution in [1.29, 1.82) is 0 Å². The minimum Gasteiger partial charge on any atom is -0.0622 e. The Bertz CT molecular complexity index is 1230. The summed E-state index contributed by atoms with van der Waals surface area (Å²) in [5, 5.41) is 1.32. The van der Waals surface area contributed by atoms with Gasteiger partial charge in [0.2, 0.25) is 0 Å². The zero-order valence-corrected chi connectivity index (χ0v) is 10.5. The molecule has 0 aromatic heterocycles. The first-order valence-electron chi connectivity index (χ1n) is 9.82. The van der Waals surface area contributed by atoms with Gasteiger partial charge >= 0.3 is 0 Å². The van der Waals surface area contributed by atoms with E-state index in [2.05, 4.69) is 0 Å². The van der Waals surface area contributed by atoms with Gasteiger partial charge in [0.25, 0.3) is 0 Å². The summed E-state index contributed by atoms with van der Waals surface area (Å²) in [4.78, 5) is 0. The van der Waals surface area contributed by atoms with Gasteiger partial charge in [0.15, 0.2) is 0 Å². The molecule has 4 aromatic carbocycles. The second kappa shape index (κ2) is 4.50.